The summed E-state index contributed by atoms with van der Waals surface area (Å²) in [6, 6.07) is 0. The molecule has 0 amide bonds. The first kappa shape index (κ1) is 10.9. The minimum Gasteiger partial charge on any atom is -0.292 e. The molecule has 0 aliphatic carbocycles. The zero-order valence-corrected chi connectivity index (χ0v) is 8.63. The molecule has 1 heterocycles. The molecule has 14 heavy (non-hydrogen) atoms. The number of rotatable bonds is 3. The zero-order valence-electron chi connectivity index (χ0n) is 7.81. The van der Waals surface area contributed by atoms with Crippen molar-refractivity contribution in [2.75, 3.05) is 0 Å². The van der Waals surface area contributed by atoms with Gasteiger partial charge in [0.25, 0.3) is 0 Å². The van der Waals surface area contributed by atoms with Gasteiger partial charge < -0.3 is 0 Å². The Kier molecular flexibility index (Phi) is 2.72. The van der Waals surface area contributed by atoms with Gasteiger partial charge in [-0.1, -0.05) is 13.8 Å². The SMILES string of the molecule is CC(C)C(=O)c1[nH]ncc1S(N)(=O)=O. The van der Waals surface area contributed by atoms with Crippen molar-refractivity contribution in [1.82, 2.24) is 10.2 Å². The lowest BCUT2D eigenvalue weighted by atomic mass is 10.1. The smallest absolute Gasteiger partial charge is 0.241 e. The van der Waals surface area contributed by atoms with Crippen LogP contribution in [0.25, 0.3) is 0 Å². The van der Waals surface area contributed by atoms with Gasteiger partial charge in [0.15, 0.2) is 5.78 Å². The Balaban J connectivity index is 3.25. The topological polar surface area (TPSA) is 106 Å². The van der Waals surface area contributed by atoms with Crippen molar-refractivity contribution in [3.8, 4) is 0 Å². The van der Waals surface area contributed by atoms with Gasteiger partial charge in [0.05, 0.1) is 6.20 Å². The van der Waals surface area contributed by atoms with Gasteiger partial charge in [0.2, 0.25) is 10.0 Å². The number of aromatic amines is 1. The Morgan fingerprint density at radius 2 is 2.14 bits per heavy atom. The average Bonchev–Trinajstić information content (AvgIpc) is 2.48. The normalized spacial score (nSPS) is 12.0. The molecule has 0 unspecified atom stereocenters. The van der Waals surface area contributed by atoms with Crippen LogP contribution >= 0.6 is 0 Å². The number of hydrogen-bond donors (Lipinski definition) is 2. The minimum atomic E-state index is -3.88. The van der Waals surface area contributed by atoms with E-state index in [1.165, 1.54) is 0 Å². The number of aromatic nitrogens is 2. The second-order valence-corrected chi connectivity index (χ2v) is 4.70. The van der Waals surface area contributed by atoms with Crippen LogP contribution in [0.3, 0.4) is 0 Å². The third-order valence-corrected chi connectivity index (χ3v) is 2.60. The number of H-pyrrole nitrogens is 1. The van der Waals surface area contributed by atoms with Crippen molar-refractivity contribution in [1.29, 1.82) is 0 Å². The fourth-order valence-electron chi connectivity index (χ4n) is 0.956. The maximum atomic E-state index is 11.5. The second kappa shape index (κ2) is 3.50. The van der Waals surface area contributed by atoms with Crippen molar-refractivity contribution >= 4 is 15.8 Å². The number of Topliss-reactive ketones (excluding diaryl/α,β-unsaturated/α-hetero) is 1. The number of nitrogens with zero attached hydrogens (tertiary/aromatic N) is 1. The molecule has 0 saturated heterocycles. The highest BCUT2D eigenvalue weighted by atomic mass is 32.2. The highest BCUT2D eigenvalue weighted by Gasteiger charge is 2.23. The lowest BCUT2D eigenvalue weighted by Crippen LogP contribution is -2.17. The van der Waals surface area contributed by atoms with E-state index in [0.29, 0.717) is 0 Å². The highest BCUT2D eigenvalue weighted by Crippen LogP contribution is 2.14. The molecule has 0 aliphatic rings. The predicted molar refractivity (Wildman–Crippen MR) is 49.1 cm³/mol. The van der Waals surface area contributed by atoms with E-state index < -0.39 is 10.0 Å². The summed E-state index contributed by atoms with van der Waals surface area (Å²) in [6.45, 7) is 3.33. The second-order valence-electron chi connectivity index (χ2n) is 3.17. The van der Waals surface area contributed by atoms with Gasteiger partial charge in [-0.25, -0.2) is 13.6 Å². The Bertz CT molecular complexity index is 447. The highest BCUT2D eigenvalue weighted by molar-refractivity contribution is 7.89. The number of carbonyl (C=O) groups is 1. The van der Waals surface area contributed by atoms with Gasteiger partial charge in [-0.2, -0.15) is 5.10 Å². The summed E-state index contributed by atoms with van der Waals surface area (Å²) < 4.78 is 22.0. The van der Waals surface area contributed by atoms with Crippen molar-refractivity contribution < 1.29 is 13.2 Å². The third kappa shape index (κ3) is 1.99. The van der Waals surface area contributed by atoms with Gasteiger partial charge in [-0.15, -0.1) is 0 Å². The summed E-state index contributed by atoms with van der Waals surface area (Å²) in [5, 5.41) is 10.7. The van der Waals surface area contributed by atoms with E-state index in [2.05, 4.69) is 10.2 Å². The van der Waals surface area contributed by atoms with Crippen molar-refractivity contribution in [3.05, 3.63) is 11.9 Å². The minimum absolute atomic E-state index is 0.0532. The molecule has 0 bridgehead atoms. The number of hydrogen-bond acceptors (Lipinski definition) is 4. The Morgan fingerprint density at radius 3 is 2.57 bits per heavy atom. The van der Waals surface area contributed by atoms with Gasteiger partial charge in [0, 0.05) is 5.92 Å². The van der Waals surface area contributed by atoms with Gasteiger partial charge in [-0.3, -0.25) is 9.89 Å². The Hall–Kier alpha value is -1.21. The monoisotopic (exact) mass is 217 g/mol. The number of carbonyl (C=O) groups excluding carboxylic acids is 1. The fourth-order valence-corrected chi connectivity index (χ4v) is 1.59. The quantitative estimate of drug-likeness (QED) is 0.689. The van der Waals surface area contributed by atoms with Crippen molar-refractivity contribution in [2.45, 2.75) is 18.7 Å². The van der Waals surface area contributed by atoms with Gasteiger partial charge >= 0.3 is 0 Å². The van der Waals surface area contributed by atoms with Crippen LogP contribution < -0.4 is 5.14 Å². The molecule has 78 valence electrons. The number of nitrogens with one attached hydrogen (secondary N) is 1. The summed E-state index contributed by atoms with van der Waals surface area (Å²) in [4.78, 5) is 11.2. The van der Waals surface area contributed by atoms with E-state index in [0.717, 1.165) is 6.20 Å². The largest absolute Gasteiger partial charge is 0.292 e. The summed E-state index contributed by atoms with van der Waals surface area (Å²) in [5.74, 6) is -0.637. The van der Waals surface area contributed by atoms with Crippen LogP contribution in [-0.2, 0) is 10.0 Å². The molecule has 7 heteroatoms. The molecule has 0 aromatic carbocycles. The van der Waals surface area contributed by atoms with E-state index in [9.17, 15) is 13.2 Å². The molecule has 0 radical (unpaired) electrons. The summed E-state index contributed by atoms with van der Waals surface area (Å²) in [7, 11) is -3.88. The van der Waals surface area contributed by atoms with E-state index >= 15 is 0 Å². The molecule has 0 fully saturated rings. The van der Waals surface area contributed by atoms with Crippen LogP contribution in [0.4, 0.5) is 0 Å². The van der Waals surface area contributed by atoms with Gasteiger partial charge in [-0.05, 0) is 0 Å². The molecule has 1 rings (SSSR count). The zero-order chi connectivity index (χ0) is 10.9. The summed E-state index contributed by atoms with van der Waals surface area (Å²) in [6.07, 6.45) is 1.03. The van der Waals surface area contributed by atoms with E-state index in [1.807, 2.05) is 0 Å². The fraction of sp³-hybridized carbons (Fsp3) is 0.429. The standard InChI is InChI=1S/C7H11N3O3S/c1-4(2)7(11)6-5(3-9-10-6)14(8,12)13/h3-4H,1-2H3,(H,9,10)(H2,8,12,13). The first-order valence-electron chi connectivity index (χ1n) is 3.94. The number of sulfonamides is 1. The van der Waals surface area contributed by atoms with Crippen LogP contribution in [-0.4, -0.2) is 24.4 Å². The molecule has 1 aromatic rings. The Labute approximate surface area is 81.6 Å². The van der Waals surface area contributed by atoms with Crippen LogP contribution in [0.2, 0.25) is 0 Å². The van der Waals surface area contributed by atoms with Crippen LogP contribution in [0.1, 0.15) is 24.3 Å². The molecule has 0 atom stereocenters. The molecule has 0 aliphatic heterocycles. The van der Waals surface area contributed by atoms with Crippen molar-refractivity contribution in [3.63, 3.8) is 0 Å². The predicted octanol–water partition coefficient (Wildman–Crippen LogP) is -0.104. The number of nitrogens with two attached hydrogens (primary N) is 1. The molecule has 3 N–H and O–H groups in total. The first-order valence-corrected chi connectivity index (χ1v) is 5.49. The number of primary sulfonamides is 1. The van der Waals surface area contributed by atoms with Gasteiger partial charge in [0.1, 0.15) is 10.6 Å². The maximum absolute atomic E-state index is 11.5. The van der Waals surface area contributed by atoms with Crippen LogP contribution in [0.5, 0.6) is 0 Å². The third-order valence-electron chi connectivity index (χ3n) is 1.68. The average molecular weight is 217 g/mol. The summed E-state index contributed by atoms with van der Waals surface area (Å²) >= 11 is 0. The van der Waals surface area contributed by atoms with E-state index in [1.54, 1.807) is 13.8 Å². The lowest BCUT2D eigenvalue weighted by Gasteiger charge is -2.02. The van der Waals surface area contributed by atoms with Crippen LogP contribution in [0, 0.1) is 5.92 Å². The molecular formula is C7H11N3O3S. The van der Waals surface area contributed by atoms with E-state index in [-0.39, 0.29) is 22.3 Å². The number of ketones is 1. The molecule has 1 aromatic heterocycles. The van der Waals surface area contributed by atoms with E-state index in [4.69, 9.17) is 5.14 Å². The molecule has 6 nitrogen and oxygen atoms in total. The van der Waals surface area contributed by atoms with Crippen molar-refractivity contribution in [2.24, 2.45) is 11.1 Å². The lowest BCUT2D eigenvalue weighted by molar-refractivity contribution is 0.0931. The van der Waals surface area contributed by atoms with Crippen LogP contribution in [0.15, 0.2) is 11.1 Å². The first-order chi connectivity index (χ1) is 6.34. The molecule has 0 saturated carbocycles. The molecular weight excluding hydrogens is 206 g/mol. The maximum Gasteiger partial charge on any atom is 0.241 e. The Morgan fingerprint density at radius 1 is 1.57 bits per heavy atom. The summed E-state index contributed by atoms with van der Waals surface area (Å²) in [5.41, 5.74) is -0.0532. The molecule has 0 spiro atoms.